The quantitative estimate of drug-likeness (QED) is 0.476. The zero-order valence-corrected chi connectivity index (χ0v) is 15.2. The molecule has 0 aliphatic heterocycles. The number of isothiocyanates is 1. The van der Waals surface area contributed by atoms with E-state index in [2.05, 4.69) is 37.7 Å². The Bertz CT molecular complexity index is 980. The zero-order chi connectivity index (χ0) is 17.1. The normalized spacial score (nSPS) is 9.88. The molecule has 128 valence electrons. The molecule has 0 unspecified atom stereocenters. The number of ether oxygens (including phenoxy) is 1. The molecule has 1 aromatic heterocycles. The number of hydrogen-bond donors (Lipinski definition) is 1. The Morgan fingerprint density at radius 3 is 2.76 bits per heavy atom. The van der Waals surface area contributed by atoms with Crippen LogP contribution in [0.4, 0.5) is 21.6 Å². The highest BCUT2D eigenvalue weighted by atomic mass is 35.5. The second-order valence-electron chi connectivity index (χ2n) is 4.72. The molecule has 0 bridgehead atoms. The molecule has 5 nitrogen and oxygen atoms in total. The maximum atomic E-state index is 13.3. The summed E-state index contributed by atoms with van der Waals surface area (Å²) in [4.78, 5) is 12.4. The van der Waals surface area contributed by atoms with E-state index < -0.39 is 5.82 Å². The molecule has 25 heavy (non-hydrogen) atoms. The highest BCUT2D eigenvalue weighted by Crippen LogP contribution is 2.34. The average Bonchev–Trinajstić information content (AvgIpc) is 2.58. The molecule has 2 aromatic carbocycles. The summed E-state index contributed by atoms with van der Waals surface area (Å²) in [6, 6.07) is 7.78. The van der Waals surface area contributed by atoms with Crippen molar-refractivity contribution in [1.29, 1.82) is 0 Å². The van der Waals surface area contributed by atoms with Gasteiger partial charge >= 0.3 is 0 Å². The summed E-state index contributed by atoms with van der Waals surface area (Å²) in [6.07, 6.45) is 1.41. The Balaban J connectivity index is 0.00000225. The van der Waals surface area contributed by atoms with Gasteiger partial charge < -0.3 is 10.1 Å². The van der Waals surface area contributed by atoms with Crippen LogP contribution in [0.2, 0.25) is 5.02 Å². The predicted octanol–water partition coefficient (Wildman–Crippen LogP) is 5.33. The molecule has 3 rings (SSSR count). The van der Waals surface area contributed by atoms with Gasteiger partial charge in [0.2, 0.25) is 0 Å². The highest BCUT2D eigenvalue weighted by molar-refractivity contribution is 7.78. The van der Waals surface area contributed by atoms with E-state index in [1.807, 2.05) is 0 Å². The summed E-state index contributed by atoms with van der Waals surface area (Å²) in [6.45, 7) is 0. The fourth-order valence-corrected chi connectivity index (χ4v) is 2.46. The number of anilines is 2. The van der Waals surface area contributed by atoms with E-state index in [9.17, 15) is 4.39 Å². The highest BCUT2D eigenvalue weighted by Gasteiger charge is 2.11. The van der Waals surface area contributed by atoms with Gasteiger partial charge in [-0.05, 0) is 36.5 Å². The van der Waals surface area contributed by atoms with Crippen molar-refractivity contribution in [3.63, 3.8) is 0 Å². The molecule has 0 aliphatic carbocycles. The van der Waals surface area contributed by atoms with E-state index >= 15 is 0 Å². The van der Waals surface area contributed by atoms with E-state index in [0.717, 1.165) is 0 Å². The number of nitrogens with zero attached hydrogens (tertiary/aromatic N) is 3. The van der Waals surface area contributed by atoms with Gasteiger partial charge in [0, 0.05) is 17.1 Å². The maximum Gasteiger partial charge on any atom is 0.147 e. The Labute approximate surface area is 159 Å². The second kappa shape index (κ2) is 8.18. The van der Waals surface area contributed by atoms with E-state index in [4.69, 9.17) is 16.3 Å². The van der Waals surface area contributed by atoms with Crippen molar-refractivity contribution < 1.29 is 9.13 Å². The van der Waals surface area contributed by atoms with Crippen molar-refractivity contribution in [3.8, 4) is 5.75 Å². The first-order valence-electron chi connectivity index (χ1n) is 6.75. The fourth-order valence-electron chi connectivity index (χ4n) is 2.18. The molecule has 0 amide bonds. The summed E-state index contributed by atoms with van der Waals surface area (Å²) in [5.74, 6) is 0.553. The number of thiocarbonyl (C=S) groups is 1. The largest absolute Gasteiger partial charge is 0.494 e. The van der Waals surface area contributed by atoms with Crippen LogP contribution in [0.5, 0.6) is 5.75 Å². The number of halogens is 3. The molecule has 0 spiro atoms. The molecule has 9 heteroatoms. The van der Waals surface area contributed by atoms with Crippen molar-refractivity contribution in [2.24, 2.45) is 4.99 Å². The number of rotatable bonds is 4. The summed E-state index contributed by atoms with van der Waals surface area (Å²) in [7, 11) is 1.53. The molecule has 0 saturated heterocycles. The topological polar surface area (TPSA) is 59.4 Å². The third-order valence-electron chi connectivity index (χ3n) is 3.28. The average molecular weight is 397 g/mol. The van der Waals surface area contributed by atoms with Gasteiger partial charge in [-0.25, -0.2) is 14.4 Å². The number of aromatic nitrogens is 2. The molecular formula is C16H11Cl2FN4OS. The van der Waals surface area contributed by atoms with Crippen LogP contribution in [0.1, 0.15) is 0 Å². The van der Waals surface area contributed by atoms with Gasteiger partial charge in [-0.15, -0.1) is 12.4 Å². The molecule has 1 N–H and O–H groups in total. The molecular weight excluding hydrogens is 386 g/mol. The standard InChI is InChI=1S/C16H10ClFN4OS.ClH/c1-23-15-6-13-10(5-14(15)21-8-24)16(20-7-19-13)22-9-2-3-12(18)11(17)4-9;/h2-7H,1H3,(H,19,20,22);1H. The lowest BCUT2D eigenvalue weighted by Crippen LogP contribution is -1.97. The van der Waals surface area contributed by atoms with Crippen LogP contribution in [0.3, 0.4) is 0 Å². The SMILES string of the molecule is COc1cc2ncnc(Nc3ccc(F)c(Cl)c3)c2cc1N=C=S.Cl. The predicted molar refractivity (Wildman–Crippen MR) is 103 cm³/mol. The van der Waals surface area contributed by atoms with Gasteiger partial charge in [0.15, 0.2) is 0 Å². The minimum Gasteiger partial charge on any atom is -0.494 e. The number of fused-ring (bicyclic) bond motifs is 1. The molecule has 0 fully saturated rings. The number of benzene rings is 2. The molecule has 0 aliphatic rings. The van der Waals surface area contributed by atoms with Gasteiger partial charge in [0.05, 0.1) is 22.8 Å². The van der Waals surface area contributed by atoms with Gasteiger partial charge in [-0.3, -0.25) is 0 Å². The van der Waals surface area contributed by atoms with Crippen LogP contribution in [0.25, 0.3) is 10.9 Å². The monoisotopic (exact) mass is 396 g/mol. The number of aliphatic imine (C=N–C) groups is 1. The first kappa shape index (κ1) is 19.0. The summed E-state index contributed by atoms with van der Waals surface area (Å²) in [5, 5.41) is 6.12. The minimum absolute atomic E-state index is 0. The maximum absolute atomic E-state index is 13.3. The molecule has 0 atom stereocenters. The van der Waals surface area contributed by atoms with Crippen LogP contribution in [0.15, 0.2) is 41.7 Å². The fraction of sp³-hybridized carbons (Fsp3) is 0.0625. The van der Waals surface area contributed by atoms with Gasteiger partial charge in [0.1, 0.15) is 29.4 Å². The van der Waals surface area contributed by atoms with Crippen LogP contribution in [-0.2, 0) is 0 Å². The van der Waals surface area contributed by atoms with Crippen molar-refractivity contribution in [2.45, 2.75) is 0 Å². The Kier molecular flexibility index (Phi) is 6.22. The molecule has 0 radical (unpaired) electrons. The van der Waals surface area contributed by atoms with Crippen LogP contribution in [0, 0.1) is 5.82 Å². The van der Waals surface area contributed by atoms with Crippen LogP contribution >= 0.6 is 36.2 Å². The molecule has 0 saturated carbocycles. The lowest BCUT2D eigenvalue weighted by Gasteiger charge is -2.11. The smallest absolute Gasteiger partial charge is 0.147 e. The number of hydrogen-bond acceptors (Lipinski definition) is 6. The first-order valence-corrected chi connectivity index (χ1v) is 7.53. The van der Waals surface area contributed by atoms with Crippen LogP contribution in [-0.4, -0.2) is 22.2 Å². The van der Waals surface area contributed by atoms with E-state index in [1.165, 1.54) is 25.6 Å². The summed E-state index contributed by atoms with van der Waals surface area (Å²) >= 11 is 10.5. The Hall–Kier alpha value is -2.31. The lowest BCUT2D eigenvalue weighted by atomic mass is 10.2. The van der Waals surface area contributed by atoms with Crippen molar-refractivity contribution in [3.05, 3.63) is 47.5 Å². The van der Waals surface area contributed by atoms with E-state index in [0.29, 0.717) is 33.8 Å². The number of methoxy groups -OCH3 is 1. The van der Waals surface area contributed by atoms with E-state index in [1.54, 1.807) is 18.2 Å². The zero-order valence-electron chi connectivity index (χ0n) is 12.8. The third-order valence-corrected chi connectivity index (χ3v) is 3.67. The third kappa shape index (κ3) is 4.03. The molecule has 1 heterocycles. The Morgan fingerprint density at radius 1 is 1.28 bits per heavy atom. The van der Waals surface area contributed by atoms with E-state index in [-0.39, 0.29) is 17.4 Å². The van der Waals surface area contributed by atoms with Crippen LogP contribution < -0.4 is 10.1 Å². The second-order valence-corrected chi connectivity index (χ2v) is 5.31. The van der Waals surface area contributed by atoms with Crippen molar-refractivity contribution in [1.82, 2.24) is 9.97 Å². The number of nitrogens with one attached hydrogen (secondary N) is 1. The summed E-state index contributed by atoms with van der Waals surface area (Å²) in [5.41, 5.74) is 1.76. The van der Waals surface area contributed by atoms with Gasteiger partial charge in [-0.2, -0.15) is 4.99 Å². The Morgan fingerprint density at radius 2 is 2.08 bits per heavy atom. The molecule has 3 aromatic rings. The van der Waals surface area contributed by atoms with Crippen molar-refractivity contribution in [2.75, 3.05) is 12.4 Å². The lowest BCUT2D eigenvalue weighted by molar-refractivity contribution is 0.417. The van der Waals surface area contributed by atoms with Crippen molar-refractivity contribution >= 4 is 69.5 Å². The minimum atomic E-state index is -0.489. The first-order chi connectivity index (χ1) is 11.6. The van der Waals surface area contributed by atoms with Gasteiger partial charge in [0.25, 0.3) is 0 Å². The van der Waals surface area contributed by atoms with Gasteiger partial charge in [-0.1, -0.05) is 11.6 Å². The summed E-state index contributed by atoms with van der Waals surface area (Å²) < 4.78 is 18.6.